The van der Waals surface area contributed by atoms with E-state index in [0.29, 0.717) is 35.9 Å². The second kappa shape index (κ2) is 10.4. The van der Waals surface area contributed by atoms with Crippen LogP contribution in [0.15, 0.2) is 54.2 Å². The summed E-state index contributed by atoms with van der Waals surface area (Å²) < 4.78 is 11.3. The van der Waals surface area contributed by atoms with Crippen molar-refractivity contribution in [3.8, 4) is 11.5 Å². The molecule has 6 nitrogen and oxygen atoms in total. The third kappa shape index (κ3) is 4.84. The van der Waals surface area contributed by atoms with Gasteiger partial charge in [-0.15, -0.1) is 0 Å². The molecule has 1 saturated heterocycles. The van der Waals surface area contributed by atoms with Crippen molar-refractivity contribution in [1.82, 2.24) is 4.90 Å². The molecule has 1 heterocycles. The van der Waals surface area contributed by atoms with Crippen molar-refractivity contribution in [3.05, 3.63) is 65.4 Å². The van der Waals surface area contributed by atoms with Crippen molar-refractivity contribution in [1.29, 1.82) is 0 Å². The van der Waals surface area contributed by atoms with E-state index < -0.39 is 0 Å². The van der Waals surface area contributed by atoms with Gasteiger partial charge >= 0.3 is 0 Å². The Bertz CT molecular complexity index is 819. The van der Waals surface area contributed by atoms with Crippen molar-refractivity contribution < 1.29 is 19.4 Å². The molecular weight excluding hydrogens is 356 g/mol. The summed E-state index contributed by atoms with van der Waals surface area (Å²) in [7, 11) is 2.56. The number of carbonyl (C=O) groups excluding carboxylic acids is 1. The molecule has 0 unspecified atom stereocenters. The molecule has 0 bridgehead atoms. The highest BCUT2D eigenvalue weighted by Gasteiger charge is 2.26. The Morgan fingerprint density at radius 3 is 2.57 bits per heavy atom. The first-order valence-electron chi connectivity index (χ1n) is 9.20. The molecule has 1 fully saturated rings. The lowest BCUT2D eigenvalue weighted by Gasteiger charge is -2.20. The predicted molar refractivity (Wildman–Crippen MR) is 110 cm³/mol. The number of amides is 1. The van der Waals surface area contributed by atoms with Crippen molar-refractivity contribution in [2.75, 3.05) is 26.5 Å². The maximum absolute atomic E-state index is 12.9. The molecule has 0 saturated carbocycles. The van der Waals surface area contributed by atoms with Crippen LogP contribution in [-0.4, -0.2) is 36.7 Å². The average molecular weight is 384 g/mol. The summed E-state index contributed by atoms with van der Waals surface area (Å²) in [5, 5.41) is 7.00. The number of rotatable bonds is 5. The molecule has 2 aromatic rings. The summed E-state index contributed by atoms with van der Waals surface area (Å²) in [6.45, 7) is 3.07. The standard InChI is InChI=1S/C21H24N2O3.CH4O/c1-3-16-10-7-11-23(16)21(24)17-12-19(25-2)20(13-18(17)22)26-14-15-8-5-4-6-9-15;1-2/h3-6,8-9,12-13H,7,10-11,14,22H2,1-2H3;2H,1H3. The first kappa shape index (κ1) is 21.3. The molecule has 2 aromatic carbocycles. The molecule has 3 N–H and O–H groups in total. The number of allylic oxidation sites excluding steroid dienone is 2. The fraction of sp³-hybridized carbons (Fsp3) is 0.318. The first-order valence-corrected chi connectivity index (χ1v) is 9.20. The number of hydrogen-bond acceptors (Lipinski definition) is 5. The van der Waals surface area contributed by atoms with E-state index in [9.17, 15) is 4.79 Å². The quantitative estimate of drug-likeness (QED) is 0.770. The lowest BCUT2D eigenvalue weighted by molar-refractivity contribution is 0.0825. The van der Waals surface area contributed by atoms with E-state index in [1.54, 1.807) is 24.1 Å². The van der Waals surface area contributed by atoms with Gasteiger partial charge in [-0.25, -0.2) is 0 Å². The van der Waals surface area contributed by atoms with E-state index in [1.165, 1.54) is 0 Å². The Hall–Kier alpha value is -2.99. The summed E-state index contributed by atoms with van der Waals surface area (Å²) in [5.41, 5.74) is 9.08. The number of carbonyl (C=O) groups is 1. The van der Waals surface area contributed by atoms with Gasteiger partial charge in [-0.1, -0.05) is 36.4 Å². The predicted octanol–water partition coefficient (Wildman–Crippen LogP) is 3.60. The van der Waals surface area contributed by atoms with E-state index in [-0.39, 0.29) is 5.91 Å². The highest BCUT2D eigenvalue weighted by atomic mass is 16.5. The van der Waals surface area contributed by atoms with Crippen molar-refractivity contribution in [2.45, 2.75) is 26.4 Å². The molecule has 6 heteroatoms. The van der Waals surface area contributed by atoms with Gasteiger partial charge in [-0.05, 0) is 31.4 Å². The summed E-state index contributed by atoms with van der Waals surface area (Å²) in [6, 6.07) is 13.2. The average Bonchev–Trinajstić information content (AvgIpc) is 3.23. The highest BCUT2D eigenvalue weighted by molar-refractivity contribution is 6.01. The number of nitrogens with two attached hydrogens (primary N) is 1. The fourth-order valence-electron chi connectivity index (χ4n) is 3.14. The zero-order valence-corrected chi connectivity index (χ0v) is 16.6. The Balaban J connectivity index is 0.00000136. The molecule has 1 aliphatic rings. The van der Waals surface area contributed by atoms with Crippen LogP contribution in [0.3, 0.4) is 0 Å². The Kier molecular flexibility index (Phi) is 7.89. The molecule has 3 rings (SSSR count). The molecule has 0 atom stereocenters. The van der Waals surface area contributed by atoms with Gasteiger partial charge in [-0.3, -0.25) is 4.79 Å². The molecule has 0 aliphatic carbocycles. The van der Waals surface area contributed by atoms with Gasteiger partial charge in [0, 0.05) is 31.1 Å². The smallest absolute Gasteiger partial charge is 0.260 e. The SMILES string of the molecule is CC=C1CCCN1C(=O)c1cc(OC)c(OCc2ccccc2)cc1N.CO. The number of aliphatic hydroxyl groups excluding tert-OH is 1. The second-order valence-electron chi connectivity index (χ2n) is 6.20. The number of nitrogen functional groups attached to an aromatic ring is 1. The topological polar surface area (TPSA) is 85.0 Å². The van der Waals surface area contributed by atoms with E-state index in [2.05, 4.69) is 0 Å². The van der Waals surface area contributed by atoms with Gasteiger partial charge in [0.15, 0.2) is 11.5 Å². The number of methoxy groups -OCH3 is 1. The molecule has 0 aromatic heterocycles. The molecule has 150 valence electrons. The van der Waals surface area contributed by atoms with Gasteiger partial charge < -0.3 is 25.2 Å². The third-order valence-corrected chi connectivity index (χ3v) is 4.54. The maximum atomic E-state index is 12.9. The Labute approximate surface area is 166 Å². The number of ether oxygens (including phenoxy) is 2. The minimum absolute atomic E-state index is 0.0963. The summed E-state index contributed by atoms with van der Waals surface area (Å²) in [6.07, 6.45) is 3.87. The number of hydrogen-bond donors (Lipinski definition) is 2. The molecular formula is C22H28N2O4. The van der Waals surface area contributed by atoms with Crippen LogP contribution in [0.1, 0.15) is 35.7 Å². The van der Waals surface area contributed by atoms with Crippen LogP contribution in [0.5, 0.6) is 11.5 Å². The van der Waals surface area contributed by atoms with Crippen molar-refractivity contribution in [2.24, 2.45) is 0 Å². The van der Waals surface area contributed by atoms with E-state index >= 15 is 0 Å². The van der Waals surface area contributed by atoms with E-state index in [0.717, 1.165) is 31.2 Å². The van der Waals surface area contributed by atoms with Gasteiger partial charge in [0.2, 0.25) is 0 Å². The van der Waals surface area contributed by atoms with Crippen LogP contribution in [0, 0.1) is 0 Å². The third-order valence-electron chi connectivity index (χ3n) is 4.54. The summed E-state index contributed by atoms with van der Waals surface area (Å²) in [4.78, 5) is 14.7. The van der Waals surface area contributed by atoms with Crippen LogP contribution in [0.2, 0.25) is 0 Å². The summed E-state index contributed by atoms with van der Waals surface area (Å²) >= 11 is 0. The molecule has 1 aliphatic heterocycles. The zero-order chi connectivity index (χ0) is 20.5. The number of likely N-dealkylation sites (tertiary alicyclic amines) is 1. The minimum atomic E-state index is -0.0963. The number of benzene rings is 2. The second-order valence-corrected chi connectivity index (χ2v) is 6.20. The van der Waals surface area contributed by atoms with Crippen molar-refractivity contribution >= 4 is 11.6 Å². The lowest BCUT2D eigenvalue weighted by Crippen LogP contribution is -2.27. The van der Waals surface area contributed by atoms with Gasteiger partial charge in [0.05, 0.1) is 12.7 Å². The van der Waals surface area contributed by atoms with Gasteiger partial charge in [0.25, 0.3) is 5.91 Å². The monoisotopic (exact) mass is 384 g/mol. The maximum Gasteiger partial charge on any atom is 0.260 e. The fourth-order valence-corrected chi connectivity index (χ4v) is 3.14. The highest BCUT2D eigenvalue weighted by Crippen LogP contribution is 2.34. The largest absolute Gasteiger partial charge is 0.493 e. The minimum Gasteiger partial charge on any atom is -0.493 e. The zero-order valence-electron chi connectivity index (χ0n) is 16.6. The van der Waals surface area contributed by atoms with Gasteiger partial charge in [-0.2, -0.15) is 0 Å². The molecule has 0 radical (unpaired) electrons. The lowest BCUT2D eigenvalue weighted by atomic mass is 10.1. The molecule has 28 heavy (non-hydrogen) atoms. The van der Waals surface area contributed by atoms with Crippen LogP contribution in [0.4, 0.5) is 5.69 Å². The van der Waals surface area contributed by atoms with Crippen LogP contribution < -0.4 is 15.2 Å². The number of aliphatic hydroxyl groups is 1. The first-order chi connectivity index (χ1) is 13.6. The van der Waals surface area contributed by atoms with Crippen LogP contribution in [-0.2, 0) is 6.61 Å². The van der Waals surface area contributed by atoms with Crippen molar-refractivity contribution in [3.63, 3.8) is 0 Å². The number of anilines is 1. The van der Waals surface area contributed by atoms with Gasteiger partial charge in [0.1, 0.15) is 6.61 Å². The summed E-state index contributed by atoms with van der Waals surface area (Å²) in [5.74, 6) is 0.929. The Morgan fingerprint density at radius 2 is 1.93 bits per heavy atom. The normalized spacial score (nSPS) is 14.4. The molecule has 0 spiro atoms. The van der Waals surface area contributed by atoms with E-state index in [1.807, 2.05) is 43.3 Å². The molecule has 1 amide bonds. The van der Waals surface area contributed by atoms with E-state index in [4.69, 9.17) is 20.3 Å². The van der Waals surface area contributed by atoms with Crippen LogP contribution >= 0.6 is 0 Å². The Morgan fingerprint density at radius 1 is 1.21 bits per heavy atom. The van der Waals surface area contributed by atoms with Crippen LogP contribution in [0.25, 0.3) is 0 Å². The number of nitrogens with zero attached hydrogens (tertiary/aromatic N) is 1.